The smallest absolute Gasteiger partial charge is 0.244 e. The molecule has 1 N–H and O–H groups in total. The third-order valence-electron chi connectivity index (χ3n) is 3.80. The first kappa shape index (κ1) is 17.1. The van der Waals surface area contributed by atoms with Crippen molar-refractivity contribution in [1.82, 2.24) is 25.5 Å². The molecule has 0 aliphatic rings. The van der Waals surface area contributed by atoms with E-state index >= 15 is 0 Å². The summed E-state index contributed by atoms with van der Waals surface area (Å²) in [6.07, 6.45) is 0. The number of hydrogen-bond acceptors (Lipinski definition) is 4. The molecular formula is C18H18ClN5O. The Kier molecular flexibility index (Phi) is 5.09. The molecule has 1 heterocycles. The summed E-state index contributed by atoms with van der Waals surface area (Å²) >= 11 is 5.88. The van der Waals surface area contributed by atoms with Crippen molar-refractivity contribution in [2.75, 3.05) is 0 Å². The number of rotatable bonds is 5. The third kappa shape index (κ3) is 4.42. The van der Waals surface area contributed by atoms with Crippen LogP contribution in [0.4, 0.5) is 0 Å². The molecule has 0 saturated heterocycles. The van der Waals surface area contributed by atoms with Gasteiger partial charge in [0.2, 0.25) is 11.7 Å². The Bertz CT molecular complexity index is 858. The van der Waals surface area contributed by atoms with Gasteiger partial charge in [-0.2, -0.15) is 4.80 Å². The van der Waals surface area contributed by atoms with Gasteiger partial charge in [0.25, 0.3) is 0 Å². The van der Waals surface area contributed by atoms with Gasteiger partial charge in [-0.05, 0) is 36.8 Å². The van der Waals surface area contributed by atoms with Gasteiger partial charge < -0.3 is 5.32 Å². The first-order valence-corrected chi connectivity index (χ1v) is 8.29. The zero-order valence-corrected chi connectivity index (χ0v) is 14.7. The summed E-state index contributed by atoms with van der Waals surface area (Å²) < 4.78 is 0. The first-order chi connectivity index (χ1) is 12.0. The van der Waals surface area contributed by atoms with Crippen LogP contribution in [0.3, 0.4) is 0 Å². The number of tetrazole rings is 1. The number of benzene rings is 2. The van der Waals surface area contributed by atoms with Gasteiger partial charge in [-0.25, -0.2) is 0 Å². The van der Waals surface area contributed by atoms with E-state index in [1.54, 1.807) is 12.1 Å². The standard InChI is InChI=1S/C18H18ClN5O/c1-12-3-5-15(6-4-12)18-21-23-24(22-18)11-17(25)20-13(2)14-7-9-16(19)10-8-14/h3-10,13H,11H2,1-2H3,(H,20,25)/t13-/m0/s1. The molecule has 6 nitrogen and oxygen atoms in total. The van der Waals surface area contributed by atoms with E-state index in [9.17, 15) is 4.79 Å². The number of aryl methyl sites for hydroxylation is 1. The van der Waals surface area contributed by atoms with E-state index in [0.29, 0.717) is 10.8 Å². The molecule has 0 unspecified atom stereocenters. The molecule has 2 aromatic carbocycles. The predicted molar refractivity (Wildman–Crippen MR) is 96.0 cm³/mol. The van der Waals surface area contributed by atoms with Crippen molar-refractivity contribution < 1.29 is 4.79 Å². The second-order valence-corrected chi connectivity index (χ2v) is 6.29. The minimum Gasteiger partial charge on any atom is -0.348 e. The number of nitrogens with zero attached hydrogens (tertiary/aromatic N) is 4. The summed E-state index contributed by atoms with van der Waals surface area (Å²) in [5.74, 6) is 0.314. The average Bonchev–Trinajstić information content (AvgIpc) is 3.04. The summed E-state index contributed by atoms with van der Waals surface area (Å²) in [4.78, 5) is 13.5. The largest absolute Gasteiger partial charge is 0.348 e. The van der Waals surface area contributed by atoms with Crippen molar-refractivity contribution in [3.05, 3.63) is 64.7 Å². The minimum atomic E-state index is -0.185. The van der Waals surface area contributed by atoms with Gasteiger partial charge in [0, 0.05) is 10.6 Å². The maximum absolute atomic E-state index is 12.2. The van der Waals surface area contributed by atoms with Crippen LogP contribution in [0.5, 0.6) is 0 Å². The number of hydrogen-bond donors (Lipinski definition) is 1. The van der Waals surface area contributed by atoms with Crippen LogP contribution in [0.2, 0.25) is 5.02 Å². The van der Waals surface area contributed by atoms with Crippen LogP contribution in [0.25, 0.3) is 11.4 Å². The number of amides is 1. The van der Waals surface area contributed by atoms with Gasteiger partial charge in [-0.15, -0.1) is 10.2 Å². The molecule has 0 saturated carbocycles. The van der Waals surface area contributed by atoms with E-state index < -0.39 is 0 Å². The molecule has 0 fully saturated rings. The van der Waals surface area contributed by atoms with Crippen LogP contribution in [0.1, 0.15) is 24.1 Å². The summed E-state index contributed by atoms with van der Waals surface area (Å²) in [5, 5.41) is 15.8. The highest BCUT2D eigenvalue weighted by Gasteiger charge is 2.12. The molecule has 1 aromatic heterocycles. The Morgan fingerprint density at radius 1 is 1.16 bits per heavy atom. The van der Waals surface area contributed by atoms with Crippen LogP contribution in [0, 0.1) is 6.92 Å². The highest BCUT2D eigenvalue weighted by atomic mass is 35.5. The highest BCUT2D eigenvalue weighted by Crippen LogP contribution is 2.16. The normalized spacial score (nSPS) is 12.0. The molecular weight excluding hydrogens is 338 g/mol. The molecule has 7 heteroatoms. The molecule has 25 heavy (non-hydrogen) atoms. The zero-order valence-electron chi connectivity index (χ0n) is 14.0. The van der Waals surface area contributed by atoms with Crippen LogP contribution in [0.15, 0.2) is 48.5 Å². The van der Waals surface area contributed by atoms with E-state index in [0.717, 1.165) is 16.7 Å². The van der Waals surface area contributed by atoms with Crippen molar-refractivity contribution >= 4 is 17.5 Å². The fraction of sp³-hybridized carbons (Fsp3) is 0.222. The lowest BCUT2D eigenvalue weighted by molar-refractivity contribution is -0.122. The van der Waals surface area contributed by atoms with Crippen molar-refractivity contribution in [1.29, 1.82) is 0 Å². The lowest BCUT2D eigenvalue weighted by atomic mass is 10.1. The number of nitrogens with one attached hydrogen (secondary N) is 1. The maximum atomic E-state index is 12.2. The molecule has 1 amide bonds. The molecule has 128 valence electrons. The molecule has 0 bridgehead atoms. The topological polar surface area (TPSA) is 72.7 Å². The molecule has 0 spiro atoms. The van der Waals surface area contributed by atoms with Crippen molar-refractivity contribution in [3.63, 3.8) is 0 Å². The fourth-order valence-corrected chi connectivity index (χ4v) is 2.50. The van der Waals surface area contributed by atoms with Gasteiger partial charge in [0.15, 0.2) is 0 Å². The third-order valence-corrected chi connectivity index (χ3v) is 4.05. The monoisotopic (exact) mass is 355 g/mol. The van der Waals surface area contributed by atoms with Crippen LogP contribution in [-0.2, 0) is 11.3 Å². The van der Waals surface area contributed by atoms with Crippen molar-refractivity contribution in [2.24, 2.45) is 0 Å². The van der Waals surface area contributed by atoms with E-state index in [2.05, 4.69) is 20.7 Å². The molecule has 0 aliphatic carbocycles. The second-order valence-electron chi connectivity index (χ2n) is 5.85. The Morgan fingerprint density at radius 2 is 1.84 bits per heavy atom. The van der Waals surface area contributed by atoms with Gasteiger partial charge >= 0.3 is 0 Å². The Labute approximate surface area is 150 Å². The quantitative estimate of drug-likeness (QED) is 0.763. The summed E-state index contributed by atoms with van der Waals surface area (Å²) in [5.41, 5.74) is 3.00. The fourth-order valence-electron chi connectivity index (χ4n) is 2.38. The van der Waals surface area contributed by atoms with Crippen LogP contribution in [-0.4, -0.2) is 26.1 Å². The van der Waals surface area contributed by atoms with E-state index in [4.69, 9.17) is 11.6 Å². The highest BCUT2D eigenvalue weighted by molar-refractivity contribution is 6.30. The number of carbonyl (C=O) groups excluding carboxylic acids is 1. The lowest BCUT2D eigenvalue weighted by Gasteiger charge is -2.14. The minimum absolute atomic E-state index is 0.0107. The summed E-state index contributed by atoms with van der Waals surface area (Å²) in [6.45, 7) is 3.94. The second kappa shape index (κ2) is 7.44. The van der Waals surface area contributed by atoms with Crippen LogP contribution >= 0.6 is 11.6 Å². The Balaban J connectivity index is 1.61. The first-order valence-electron chi connectivity index (χ1n) is 7.91. The van der Waals surface area contributed by atoms with Crippen molar-refractivity contribution in [2.45, 2.75) is 26.4 Å². The predicted octanol–water partition coefficient (Wildman–Crippen LogP) is 3.18. The van der Waals surface area contributed by atoms with Gasteiger partial charge in [0.05, 0.1) is 6.04 Å². The number of aromatic nitrogens is 4. The van der Waals surface area contributed by atoms with E-state index in [1.165, 1.54) is 4.80 Å². The van der Waals surface area contributed by atoms with Gasteiger partial charge in [0.1, 0.15) is 6.54 Å². The molecule has 3 aromatic rings. The van der Waals surface area contributed by atoms with Crippen molar-refractivity contribution in [3.8, 4) is 11.4 Å². The summed E-state index contributed by atoms with van der Waals surface area (Å²) in [7, 11) is 0. The van der Waals surface area contributed by atoms with Gasteiger partial charge in [-0.1, -0.05) is 53.6 Å². The molecule has 3 rings (SSSR count). The van der Waals surface area contributed by atoms with Gasteiger partial charge in [-0.3, -0.25) is 4.79 Å². The molecule has 0 aliphatic heterocycles. The Morgan fingerprint density at radius 3 is 2.52 bits per heavy atom. The maximum Gasteiger partial charge on any atom is 0.244 e. The Hall–Kier alpha value is -2.73. The average molecular weight is 356 g/mol. The SMILES string of the molecule is Cc1ccc(-c2nnn(CC(=O)N[C@@H](C)c3ccc(Cl)cc3)n2)cc1. The van der Waals surface area contributed by atoms with E-state index in [1.807, 2.05) is 50.2 Å². The summed E-state index contributed by atoms with van der Waals surface area (Å²) in [6, 6.07) is 15.1. The van der Waals surface area contributed by atoms with Crippen LogP contribution < -0.4 is 5.32 Å². The zero-order chi connectivity index (χ0) is 17.8. The molecule has 1 atom stereocenters. The number of halogens is 1. The van der Waals surface area contributed by atoms with E-state index in [-0.39, 0.29) is 18.5 Å². The lowest BCUT2D eigenvalue weighted by Crippen LogP contribution is -2.30. The molecule has 0 radical (unpaired) electrons. The number of carbonyl (C=O) groups is 1.